The van der Waals surface area contributed by atoms with E-state index in [0.717, 1.165) is 21.5 Å². The van der Waals surface area contributed by atoms with Gasteiger partial charge in [0, 0.05) is 4.88 Å². The Bertz CT molecular complexity index is 239. The average molecular weight is 250 g/mol. The van der Waals surface area contributed by atoms with Gasteiger partial charge in [-0.25, -0.2) is 0 Å². The molecular formula is C8H12BrNOS. The Morgan fingerprint density at radius 3 is 2.83 bits per heavy atom. The van der Waals surface area contributed by atoms with Crippen molar-refractivity contribution in [3.63, 3.8) is 0 Å². The molecule has 2 nitrogen and oxygen atoms in total. The Kier molecular flexibility index (Phi) is 4.21. The van der Waals surface area contributed by atoms with Crippen molar-refractivity contribution in [3.05, 3.63) is 20.8 Å². The van der Waals surface area contributed by atoms with Crippen LogP contribution in [0, 0.1) is 0 Å². The highest BCUT2D eigenvalue weighted by molar-refractivity contribution is 9.11. The number of aliphatic hydroxyl groups is 1. The van der Waals surface area contributed by atoms with Crippen LogP contribution in [0.1, 0.15) is 23.8 Å². The Hall–Kier alpha value is 0.1000. The Labute approximate surface area is 84.5 Å². The first-order valence-electron chi connectivity index (χ1n) is 3.87. The molecule has 1 aromatic heterocycles. The average Bonchev–Trinajstić information content (AvgIpc) is 2.47. The molecular weight excluding hydrogens is 238 g/mol. The predicted octanol–water partition coefficient (Wildman–Crippen LogP) is 2.28. The SMILES string of the molecule is NCCCC(O)c1ccc(Br)s1. The van der Waals surface area contributed by atoms with E-state index in [9.17, 15) is 5.11 Å². The van der Waals surface area contributed by atoms with Crippen LogP contribution >= 0.6 is 27.3 Å². The molecule has 0 aromatic carbocycles. The fraction of sp³-hybridized carbons (Fsp3) is 0.500. The molecule has 1 unspecified atom stereocenters. The highest BCUT2D eigenvalue weighted by atomic mass is 79.9. The van der Waals surface area contributed by atoms with Gasteiger partial charge in [0.1, 0.15) is 0 Å². The van der Waals surface area contributed by atoms with Crippen LogP contribution in [-0.4, -0.2) is 11.7 Å². The number of rotatable bonds is 4. The van der Waals surface area contributed by atoms with Crippen LogP contribution in [0.4, 0.5) is 0 Å². The molecule has 0 saturated carbocycles. The number of hydrogen-bond donors (Lipinski definition) is 2. The molecule has 1 rings (SSSR count). The number of halogens is 1. The molecule has 0 aliphatic heterocycles. The molecule has 3 N–H and O–H groups in total. The van der Waals surface area contributed by atoms with E-state index >= 15 is 0 Å². The first-order chi connectivity index (χ1) is 5.74. The summed E-state index contributed by atoms with van der Waals surface area (Å²) in [5, 5.41) is 9.60. The van der Waals surface area contributed by atoms with Gasteiger partial charge in [-0.15, -0.1) is 11.3 Å². The molecule has 0 spiro atoms. The first kappa shape index (κ1) is 10.2. The third-order valence-electron chi connectivity index (χ3n) is 1.60. The van der Waals surface area contributed by atoms with Crippen molar-refractivity contribution in [3.8, 4) is 0 Å². The summed E-state index contributed by atoms with van der Waals surface area (Å²) in [7, 11) is 0. The summed E-state index contributed by atoms with van der Waals surface area (Å²) in [5.74, 6) is 0. The van der Waals surface area contributed by atoms with Crippen LogP contribution in [-0.2, 0) is 0 Å². The maximum atomic E-state index is 9.60. The van der Waals surface area contributed by atoms with Crippen LogP contribution < -0.4 is 5.73 Å². The summed E-state index contributed by atoms with van der Waals surface area (Å²) in [4.78, 5) is 1.01. The minimum absolute atomic E-state index is 0.343. The molecule has 0 bridgehead atoms. The predicted molar refractivity (Wildman–Crippen MR) is 55.3 cm³/mol. The molecule has 1 heterocycles. The zero-order valence-electron chi connectivity index (χ0n) is 6.66. The van der Waals surface area contributed by atoms with E-state index in [1.165, 1.54) is 0 Å². The minimum Gasteiger partial charge on any atom is -0.388 e. The smallest absolute Gasteiger partial charge is 0.0882 e. The van der Waals surface area contributed by atoms with Crippen LogP contribution in [0.5, 0.6) is 0 Å². The third kappa shape index (κ3) is 2.86. The summed E-state index contributed by atoms with van der Waals surface area (Å²) in [6, 6.07) is 3.89. The van der Waals surface area contributed by atoms with Crippen molar-refractivity contribution in [1.29, 1.82) is 0 Å². The fourth-order valence-corrected chi connectivity index (χ4v) is 2.40. The monoisotopic (exact) mass is 249 g/mol. The lowest BCUT2D eigenvalue weighted by atomic mass is 10.2. The van der Waals surface area contributed by atoms with E-state index in [1.807, 2.05) is 12.1 Å². The second-order valence-electron chi connectivity index (χ2n) is 2.59. The number of aliphatic hydroxyl groups excluding tert-OH is 1. The standard InChI is InChI=1S/C8H12BrNOS/c9-8-4-3-7(12-8)6(11)2-1-5-10/h3-4,6,11H,1-2,5,10H2. The summed E-state index contributed by atoms with van der Waals surface area (Å²) >= 11 is 4.92. The molecule has 0 aliphatic carbocycles. The summed E-state index contributed by atoms with van der Waals surface area (Å²) in [5.41, 5.74) is 5.34. The van der Waals surface area contributed by atoms with Gasteiger partial charge >= 0.3 is 0 Å². The van der Waals surface area contributed by atoms with E-state index in [4.69, 9.17) is 5.73 Å². The zero-order chi connectivity index (χ0) is 8.97. The second kappa shape index (κ2) is 4.97. The van der Waals surface area contributed by atoms with E-state index in [-0.39, 0.29) is 6.10 Å². The van der Waals surface area contributed by atoms with Gasteiger partial charge in [0.15, 0.2) is 0 Å². The Morgan fingerprint density at radius 2 is 2.33 bits per heavy atom. The lowest BCUT2D eigenvalue weighted by Crippen LogP contribution is -2.02. The van der Waals surface area contributed by atoms with Crippen LogP contribution in [0.3, 0.4) is 0 Å². The summed E-state index contributed by atoms with van der Waals surface area (Å²) < 4.78 is 1.06. The molecule has 0 radical (unpaired) electrons. The van der Waals surface area contributed by atoms with Crippen molar-refractivity contribution in [2.24, 2.45) is 5.73 Å². The molecule has 0 fully saturated rings. The number of thiophene rings is 1. The molecule has 0 aliphatic rings. The zero-order valence-corrected chi connectivity index (χ0v) is 9.07. The molecule has 68 valence electrons. The van der Waals surface area contributed by atoms with Crippen molar-refractivity contribution in [2.75, 3.05) is 6.54 Å². The number of nitrogens with two attached hydrogens (primary N) is 1. The van der Waals surface area contributed by atoms with Crippen molar-refractivity contribution >= 4 is 27.3 Å². The lowest BCUT2D eigenvalue weighted by Gasteiger charge is -2.05. The lowest BCUT2D eigenvalue weighted by molar-refractivity contribution is 0.169. The third-order valence-corrected chi connectivity index (χ3v) is 3.33. The van der Waals surface area contributed by atoms with Gasteiger partial charge in [-0.3, -0.25) is 0 Å². The maximum Gasteiger partial charge on any atom is 0.0882 e. The van der Waals surface area contributed by atoms with E-state index in [2.05, 4.69) is 15.9 Å². The van der Waals surface area contributed by atoms with Crippen molar-refractivity contribution in [1.82, 2.24) is 0 Å². The number of hydrogen-bond acceptors (Lipinski definition) is 3. The van der Waals surface area contributed by atoms with Gasteiger partial charge < -0.3 is 10.8 Å². The summed E-state index contributed by atoms with van der Waals surface area (Å²) in [6.45, 7) is 0.642. The molecule has 4 heteroatoms. The molecule has 1 atom stereocenters. The second-order valence-corrected chi connectivity index (χ2v) is 5.08. The van der Waals surface area contributed by atoms with Gasteiger partial charge in [-0.1, -0.05) is 0 Å². The van der Waals surface area contributed by atoms with Crippen molar-refractivity contribution in [2.45, 2.75) is 18.9 Å². The van der Waals surface area contributed by atoms with Crippen molar-refractivity contribution < 1.29 is 5.11 Å². The van der Waals surface area contributed by atoms with Crippen LogP contribution in [0.15, 0.2) is 15.9 Å². The maximum absolute atomic E-state index is 9.60. The van der Waals surface area contributed by atoms with Crippen LogP contribution in [0.2, 0.25) is 0 Å². The minimum atomic E-state index is -0.343. The Balaban J connectivity index is 2.47. The normalized spacial score (nSPS) is 13.2. The highest BCUT2D eigenvalue weighted by Crippen LogP contribution is 2.29. The van der Waals surface area contributed by atoms with Gasteiger partial charge in [-0.2, -0.15) is 0 Å². The largest absolute Gasteiger partial charge is 0.388 e. The van der Waals surface area contributed by atoms with E-state index in [0.29, 0.717) is 6.54 Å². The van der Waals surface area contributed by atoms with Gasteiger partial charge in [0.2, 0.25) is 0 Å². The molecule has 1 aromatic rings. The van der Waals surface area contributed by atoms with Gasteiger partial charge in [0.05, 0.1) is 9.89 Å². The fourth-order valence-electron chi connectivity index (χ4n) is 0.961. The highest BCUT2D eigenvalue weighted by Gasteiger charge is 2.08. The van der Waals surface area contributed by atoms with E-state index < -0.39 is 0 Å². The van der Waals surface area contributed by atoms with Gasteiger partial charge in [0.25, 0.3) is 0 Å². The topological polar surface area (TPSA) is 46.2 Å². The molecule has 0 amide bonds. The van der Waals surface area contributed by atoms with Crippen LogP contribution in [0.25, 0.3) is 0 Å². The van der Waals surface area contributed by atoms with Gasteiger partial charge in [-0.05, 0) is 47.4 Å². The molecule has 0 saturated heterocycles. The first-order valence-corrected chi connectivity index (χ1v) is 5.48. The quantitative estimate of drug-likeness (QED) is 0.861. The molecule has 12 heavy (non-hydrogen) atoms. The summed E-state index contributed by atoms with van der Waals surface area (Å²) in [6.07, 6.45) is 1.28. The van der Waals surface area contributed by atoms with E-state index in [1.54, 1.807) is 11.3 Å². The Morgan fingerprint density at radius 1 is 1.58 bits per heavy atom.